The summed E-state index contributed by atoms with van der Waals surface area (Å²) in [6.45, 7) is 5.78. The Morgan fingerprint density at radius 2 is 1.83 bits per heavy atom. The van der Waals surface area contributed by atoms with Crippen molar-refractivity contribution in [3.8, 4) is 0 Å². The molecular formula is C15H31NO2. The van der Waals surface area contributed by atoms with Gasteiger partial charge < -0.3 is 14.8 Å². The minimum Gasteiger partial charge on any atom is -0.382 e. The molecule has 108 valence electrons. The van der Waals surface area contributed by atoms with Gasteiger partial charge in [-0.2, -0.15) is 0 Å². The van der Waals surface area contributed by atoms with Crippen molar-refractivity contribution in [2.75, 3.05) is 33.5 Å². The first-order valence-electron chi connectivity index (χ1n) is 7.64. The molecule has 0 radical (unpaired) electrons. The lowest BCUT2D eigenvalue weighted by Gasteiger charge is -2.28. The Hall–Kier alpha value is -0.120. The van der Waals surface area contributed by atoms with E-state index in [4.69, 9.17) is 9.47 Å². The summed E-state index contributed by atoms with van der Waals surface area (Å²) >= 11 is 0. The first kappa shape index (κ1) is 15.9. The van der Waals surface area contributed by atoms with Gasteiger partial charge in [0.15, 0.2) is 0 Å². The Bertz CT molecular complexity index is 181. The maximum atomic E-state index is 5.44. The number of nitrogens with one attached hydrogen (secondary N) is 1. The molecule has 0 amide bonds. The highest BCUT2D eigenvalue weighted by Crippen LogP contribution is 2.26. The molecule has 18 heavy (non-hydrogen) atoms. The monoisotopic (exact) mass is 257 g/mol. The lowest BCUT2D eigenvalue weighted by molar-refractivity contribution is 0.0687. The van der Waals surface area contributed by atoms with Crippen LogP contribution in [0.2, 0.25) is 0 Å². The first-order chi connectivity index (χ1) is 8.84. The molecule has 0 aromatic carbocycles. The molecule has 1 aliphatic carbocycles. The maximum absolute atomic E-state index is 5.44. The maximum Gasteiger partial charge on any atom is 0.0700 e. The van der Waals surface area contributed by atoms with Crippen molar-refractivity contribution in [1.29, 1.82) is 0 Å². The van der Waals surface area contributed by atoms with Gasteiger partial charge in [-0.15, -0.1) is 0 Å². The minimum atomic E-state index is 0.694. The van der Waals surface area contributed by atoms with Gasteiger partial charge in [0.2, 0.25) is 0 Å². The van der Waals surface area contributed by atoms with Crippen LogP contribution >= 0.6 is 0 Å². The highest BCUT2D eigenvalue weighted by molar-refractivity contribution is 4.75. The zero-order chi connectivity index (χ0) is 13.1. The van der Waals surface area contributed by atoms with Crippen LogP contribution in [0.5, 0.6) is 0 Å². The van der Waals surface area contributed by atoms with Gasteiger partial charge in [0.05, 0.1) is 13.2 Å². The molecule has 0 spiro atoms. The van der Waals surface area contributed by atoms with E-state index >= 15 is 0 Å². The molecule has 1 aliphatic rings. The van der Waals surface area contributed by atoms with Crippen LogP contribution in [-0.2, 0) is 9.47 Å². The van der Waals surface area contributed by atoms with E-state index in [9.17, 15) is 0 Å². The van der Waals surface area contributed by atoms with Gasteiger partial charge in [-0.1, -0.05) is 19.3 Å². The Balaban J connectivity index is 1.87. The Kier molecular flexibility index (Phi) is 9.54. The summed E-state index contributed by atoms with van der Waals surface area (Å²) < 4.78 is 10.4. The SMILES string of the molecule is COCCOCCCCNC(C)C1CCCCC1. The average molecular weight is 257 g/mol. The lowest BCUT2D eigenvalue weighted by atomic mass is 9.84. The average Bonchev–Trinajstić information content (AvgIpc) is 2.42. The Morgan fingerprint density at radius 3 is 2.56 bits per heavy atom. The van der Waals surface area contributed by atoms with Crippen molar-refractivity contribution in [3.05, 3.63) is 0 Å². The molecule has 0 aliphatic heterocycles. The molecule has 3 nitrogen and oxygen atoms in total. The van der Waals surface area contributed by atoms with E-state index in [1.807, 2.05) is 0 Å². The van der Waals surface area contributed by atoms with Crippen LogP contribution in [0.1, 0.15) is 51.9 Å². The highest BCUT2D eigenvalue weighted by Gasteiger charge is 2.18. The predicted molar refractivity (Wildman–Crippen MR) is 76.0 cm³/mol. The summed E-state index contributed by atoms with van der Waals surface area (Å²) in [5.41, 5.74) is 0. The fraction of sp³-hybridized carbons (Fsp3) is 1.00. The number of hydrogen-bond donors (Lipinski definition) is 1. The molecular weight excluding hydrogens is 226 g/mol. The van der Waals surface area contributed by atoms with Crippen LogP contribution < -0.4 is 5.32 Å². The number of rotatable bonds is 10. The minimum absolute atomic E-state index is 0.694. The highest BCUT2D eigenvalue weighted by atomic mass is 16.5. The van der Waals surface area contributed by atoms with E-state index in [2.05, 4.69) is 12.2 Å². The Morgan fingerprint density at radius 1 is 1.06 bits per heavy atom. The van der Waals surface area contributed by atoms with E-state index < -0.39 is 0 Å². The summed E-state index contributed by atoms with van der Waals surface area (Å²) in [6.07, 6.45) is 9.52. The van der Waals surface area contributed by atoms with Crippen molar-refractivity contribution in [2.45, 2.75) is 57.9 Å². The van der Waals surface area contributed by atoms with Gasteiger partial charge in [0.1, 0.15) is 0 Å². The molecule has 1 saturated carbocycles. The molecule has 0 aromatic rings. The quantitative estimate of drug-likeness (QED) is 0.610. The number of methoxy groups -OCH3 is 1. The second-order valence-corrected chi connectivity index (χ2v) is 5.45. The number of ether oxygens (including phenoxy) is 2. The fourth-order valence-corrected chi connectivity index (χ4v) is 2.70. The third-order valence-corrected chi connectivity index (χ3v) is 3.97. The largest absolute Gasteiger partial charge is 0.382 e. The molecule has 1 atom stereocenters. The number of unbranched alkanes of at least 4 members (excludes halogenated alkanes) is 1. The van der Waals surface area contributed by atoms with Crippen molar-refractivity contribution in [2.24, 2.45) is 5.92 Å². The summed E-state index contributed by atoms with van der Waals surface area (Å²) in [4.78, 5) is 0. The summed E-state index contributed by atoms with van der Waals surface area (Å²) in [7, 11) is 1.71. The second-order valence-electron chi connectivity index (χ2n) is 5.45. The molecule has 1 unspecified atom stereocenters. The van der Waals surface area contributed by atoms with Gasteiger partial charge in [0, 0.05) is 19.8 Å². The predicted octanol–water partition coefficient (Wildman–Crippen LogP) is 2.99. The van der Waals surface area contributed by atoms with Crippen LogP contribution in [0.25, 0.3) is 0 Å². The van der Waals surface area contributed by atoms with Gasteiger partial charge in [0.25, 0.3) is 0 Å². The van der Waals surface area contributed by atoms with Crippen LogP contribution in [0.3, 0.4) is 0 Å². The van der Waals surface area contributed by atoms with E-state index in [0.29, 0.717) is 12.6 Å². The standard InChI is InChI=1S/C15H31NO2/c1-14(15-8-4-3-5-9-15)16-10-6-7-11-18-13-12-17-2/h14-16H,3-13H2,1-2H3. The molecule has 0 bridgehead atoms. The summed E-state index contributed by atoms with van der Waals surface area (Å²) in [5, 5.41) is 3.67. The van der Waals surface area contributed by atoms with E-state index in [0.717, 1.165) is 32.1 Å². The van der Waals surface area contributed by atoms with Gasteiger partial charge in [-0.25, -0.2) is 0 Å². The van der Waals surface area contributed by atoms with Gasteiger partial charge in [-0.05, 0) is 45.1 Å². The molecule has 0 saturated heterocycles. The van der Waals surface area contributed by atoms with Crippen LogP contribution in [0.4, 0.5) is 0 Å². The normalized spacial score (nSPS) is 19.0. The van der Waals surface area contributed by atoms with Gasteiger partial charge >= 0.3 is 0 Å². The number of hydrogen-bond acceptors (Lipinski definition) is 3. The van der Waals surface area contributed by atoms with Crippen LogP contribution in [-0.4, -0.2) is 39.5 Å². The van der Waals surface area contributed by atoms with Gasteiger partial charge in [-0.3, -0.25) is 0 Å². The third-order valence-electron chi connectivity index (χ3n) is 3.97. The van der Waals surface area contributed by atoms with Crippen molar-refractivity contribution in [1.82, 2.24) is 5.32 Å². The second kappa shape index (κ2) is 10.8. The van der Waals surface area contributed by atoms with Crippen LogP contribution in [0.15, 0.2) is 0 Å². The summed E-state index contributed by atoms with van der Waals surface area (Å²) in [6, 6.07) is 0.694. The summed E-state index contributed by atoms with van der Waals surface area (Å²) in [5.74, 6) is 0.914. The van der Waals surface area contributed by atoms with Crippen molar-refractivity contribution in [3.63, 3.8) is 0 Å². The Labute approximate surface area is 113 Å². The molecule has 1 rings (SSSR count). The first-order valence-corrected chi connectivity index (χ1v) is 7.64. The zero-order valence-electron chi connectivity index (χ0n) is 12.2. The van der Waals surface area contributed by atoms with E-state index in [1.165, 1.54) is 38.5 Å². The zero-order valence-corrected chi connectivity index (χ0v) is 12.2. The van der Waals surface area contributed by atoms with Crippen LogP contribution in [0, 0.1) is 5.92 Å². The molecule has 3 heteroatoms. The lowest BCUT2D eigenvalue weighted by Crippen LogP contribution is -2.35. The molecule has 0 heterocycles. The van der Waals surface area contributed by atoms with Crippen molar-refractivity contribution < 1.29 is 9.47 Å². The van der Waals surface area contributed by atoms with E-state index in [-0.39, 0.29) is 0 Å². The molecule has 1 fully saturated rings. The van der Waals surface area contributed by atoms with E-state index in [1.54, 1.807) is 7.11 Å². The molecule has 1 N–H and O–H groups in total. The topological polar surface area (TPSA) is 30.5 Å². The van der Waals surface area contributed by atoms with Crippen molar-refractivity contribution >= 4 is 0 Å². The third kappa shape index (κ3) is 7.34. The molecule has 0 aromatic heterocycles. The fourth-order valence-electron chi connectivity index (χ4n) is 2.70. The smallest absolute Gasteiger partial charge is 0.0700 e.